The minimum atomic E-state index is 0.675. The molecule has 0 aromatic heterocycles. The van der Waals surface area contributed by atoms with E-state index in [0.717, 1.165) is 32.2 Å². The summed E-state index contributed by atoms with van der Waals surface area (Å²) in [5.74, 6) is 0.931. The minimum absolute atomic E-state index is 0.675. The Morgan fingerprint density at radius 2 is 1.90 bits per heavy atom. The van der Waals surface area contributed by atoms with Crippen molar-refractivity contribution in [1.29, 1.82) is 0 Å². The van der Waals surface area contributed by atoms with E-state index in [1.54, 1.807) is 0 Å². The number of morpholine rings is 1. The van der Waals surface area contributed by atoms with Gasteiger partial charge in [-0.2, -0.15) is 0 Å². The molecule has 3 nitrogen and oxygen atoms in total. The first-order valence-corrected chi connectivity index (χ1v) is 8.04. The maximum Gasteiger partial charge on any atom is 0.0642 e. The lowest BCUT2D eigenvalue weighted by Crippen LogP contribution is -2.36. The van der Waals surface area contributed by atoms with E-state index in [9.17, 15) is 0 Å². The third-order valence-corrected chi connectivity index (χ3v) is 4.73. The van der Waals surface area contributed by atoms with Crippen LogP contribution in [0.1, 0.15) is 32.6 Å². The molecule has 1 N–H and O–H groups in total. The Labute approximate surface area is 122 Å². The van der Waals surface area contributed by atoms with E-state index < -0.39 is 0 Å². The number of anilines is 2. The molecule has 1 aromatic rings. The monoisotopic (exact) mass is 274 g/mol. The number of nitrogens with zero attached hydrogens (tertiary/aromatic N) is 1. The van der Waals surface area contributed by atoms with E-state index in [4.69, 9.17) is 4.74 Å². The summed E-state index contributed by atoms with van der Waals surface area (Å²) in [6.45, 7) is 6.02. The molecule has 1 saturated carbocycles. The number of rotatable bonds is 4. The van der Waals surface area contributed by atoms with E-state index in [1.807, 2.05) is 0 Å². The van der Waals surface area contributed by atoms with Crippen molar-refractivity contribution in [2.45, 2.75) is 38.6 Å². The largest absolute Gasteiger partial charge is 0.382 e. The molecular weight excluding hydrogens is 248 g/mol. The van der Waals surface area contributed by atoms with Crippen LogP contribution in [0.25, 0.3) is 0 Å². The van der Waals surface area contributed by atoms with E-state index in [1.165, 1.54) is 37.1 Å². The van der Waals surface area contributed by atoms with E-state index in [-0.39, 0.29) is 0 Å². The summed E-state index contributed by atoms with van der Waals surface area (Å²) in [6.07, 6.45) is 5.37. The molecule has 20 heavy (non-hydrogen) atoms. The fourth-order valence-corrected chi connectivity index (χ4v) is 3.40. The molecule has 0 radical (unpaired) electrons. The zero-order valence-electron chi connectivity index (χ0n) is 12.5. The molecule has 2 atom stereocenters. The normalized spacial score (nSPS) is 26.8. The van der Waals surface area contributed by atoms with E-state index in [0.29, 0.717) is 6.04 Å². The Bertz CT molecular complexity index is 412. The van der Waals surface area contributed by atoms with Gasteiger partial charge in [-0.3, -0.25) is 0 Å². The first-order valence-electron chi connectivity index (χ1n) is 8.04. The number of ether oxygens (including phenoxy) is 1. The van der Waals surface area contributed by atoms with Crippen molar-refractivity contribution in [2.24, 2.45) is 5.92 Å². The molecule has 1 aliphatic heterocycles. The highest BCUT2D eigenvalue weighted by Gasteiger charge is 2.22. The molecule has 1 aromatic carbocycles. The van der Waals surface area contributed by atoms with Gasteiger partial charge in [0.15, 0.2) is 0 Å². The van der Waals surface area contributed by atoms with Crippen LogP contribution in [0.2, 0.25) is 0 Å². The second-order valence-electron chi connectivity index (χ2n) is 6.07. The Hall–Kier alpha value is -1.22. The summed E-state index contributed by atoms with van der Waals surface area (Å²) >= 11 is 0. The number of benzene rings is 1. The Balaban J connectivity index is 1.56. The third kappa shape index (κ3) is 3.26. The van der Waals surface area contributed by atoms with Crippen molar-refractivity contribution < 1.29 is 4.74 Å². The van der Waals surface area contributed by atoms with Crippen LogP contribution in [0.15, 0.2) is 24.3 Å². The number of nitrogens with one attached hydrogen (secondary N) is 1. The Kier molecular flexibility index (Phi) is 4.46. The van der Waals surface area contributed by atoms with Crippen LogP contribution < -0.4 is 10.2 Å². The van der Waals surface area contributed by atoms with Crippen molar-refractivity contribution in [1.82, 2.24) is 0 Å². The average Bonchev–Trinajstić information content (AvgIpc) is 2.97. The van der Waals surface area contributed by atoms with Gasteiger partial charge in [-0.05, 0) is 49.4 Å². The second-order valence-corrected chi connectivity index (χ2v) is 6.07. The predicted octanol–water partition coefficient (Wildman–Crippen LogP) is 3.51. The third-order valence-electron chi connectivity index (χ3n) is 4.73. The lowest BCUT2D eigenvalue weighted by atomic mass is 10.1. The van der Waals surface area contributed by atoms with Gasteiger partial charge in [0.1, 0.15) is 0 Å². The van der Waals surface area contributed by atoms with Crippen LogP contribution in [-0.4, -0.2) is 32.3 Å². The van der Waals surface area contributed by atoms with Crippen LogP contribution in [0.3, 0.4) is 0 Å². The molecule has 3 heteroatoms. The van der Waals surface area contributed by atoms with Crippen LogP contribution >= 0.6 is 0 Å². The predicted molar refractivity (Wildman–Crippen MR) is 84.5 cm³/mol. The Morgan fingerprint density at radius 3 is 2.55 bits per heavy atom. The molecule has 3 rings (SSSR count). The fraction of sp³-hybridized carbons (Fsp3) is 0.647. The summed E-state index contributed by atoms with van der Waals surface area (Å²) in [6, 6.07) is 9.60. The van der Waals surface area contributed by atoms with Gasteiger partial charge in [-0.1, -0.05) is 13.3 Å². The number of hydrogen-bond acceptors (Lipinski definition) is 3. The molecule has 1 heterocycles. The van der Waals surface area contributed by atoms with Gasteiger partial charge in [-0.25, -0.2) is 0 Å². The Morgan fingerprint density at radius 1 is 1.15 bits per heavy atom. The van der Waals surface area contributed by atoms with Gasteiger partial charge in [0.05, 0.1) is 13.2 Å². The highest BCUT2D eigenvalue weighted by Crippen LogP contribution is 2.30. The van der Waals surface area contributed by atoms with Gasteiger partial charge in [-0.15, -0.1) is 0 Å². The van der Waals surface area contributed by atoms with Crippen LogP contribution in [-0.2, 0) is 4.74 Å². The fourth-order valence-electron chi connectivity index (χ4n) is 3.40. The average molecular weight is 274 g/mol. The van der Waals surface area contributed by atoms with Gasteiger partial charge in [0.25, 0.3) is 0 Å². The van der Waals surface area contributed by atoms with Crippen LogP contribution in [0, 0.1) is 5.92 Å². The van der Waals surface area contributed by atoms with Crippen molar-refractivity contribution in [3.8, 4) is 0 Å². The molecule has 2 aliphatic rings. The van der Waals surface area contributed by atoms with Gasteiger partial charge in [0, 0.05) is 30.5 Å². The molecule has 2 fully saturated rings. The molecule has 110 valence electrons. The summed E-state index contributed by atoms with van der Waals surface area (Å²) in [7, 11) is 0. The zero-order chi connectivity index (χ0) is 13.8. The molecule has 1 aliphatic carbocycles. The lowest BCUT2D eigenvalue weighted by Gasteiger charge is -2.29. The summed E-state index contributed by atoms with van der Waals surface area (Å²) in [4.78, 5) is 2.40. The molecule has 1 saturated heterocycles. The second kappa shape index (κ2) is 6.49. The SMILES string of the molecule is CCC1CCC(Nc2ccc(N3CCOCC3)cc2)C1. The van der Waals surface area contributed by atoms with Gasteiger partial charge < -0.3 is 15.0 Å². The maximum atomic E-state index is 5.40. The van der Waals surface area contributed by atoms with E-state index in [2.05, 4.69) is 41.4 Å². The standard InChI is InChI=1S/C17H26N2O/c1-2-14-3-4-16(13-14)18-15-5-7-17(8-6-15)19-9-11-20-12-10-19/h5-8,14,16,18H,2-4,9-13H2,1H3. The minimum Gasteiger partial charge on any atom is -0.382 e. The van der Waals surface area contributed by atoms with Crippen LogP contribution in [0.4, 0.5) is 11.4 Å². The maximum absolute atomic E-state index is 5.40. The smallest absolute Gasteiger partial charge is 0.0642 e. The summed E-state index contributed by atoms with van der Waals surface area (Å²) in [5.41, 5.74) is 2.58. The molecule has 0 amide bonds. The van der Waals surface area contributed by atoms with Crippen LogP contribution in [0.5, 0.6) is 0 Å². The molecule has 0 bridgehead atoms. The summed E-state index contributed by atoms with van der Waals surface area (Å²) in [5, 5.41) is 3.69. The lowest BCUT2D eigenvalue weighted by molar-refractivity contribution is 0.122. The highest BCUT2D eigenvalue weighted by molar-refractivity contribution is 5.55. The molecule has 2 unspecified atom stereocenters. The van der Waals surface area contributed by atoms with E-state index >= 15 is 0 Å². The van der Waals surface area contributed by atoms with Crippen molar-refractivity contribution in [3.05, 3.63) is 24.3 Å². The molecular formula is C17H26N2O. The first-order chi connectivity index (χ1) is 9.85. The van der Waals surface area contributed by atoms with Gasteiger partial charge >= 0.3 is 0 Å². The highest BCUT2D eigenvalue weighted by atomic mass is 16.5. The van der Waals surface area contributed by atoms with Crippen molar-refractivity contribution >= 4 is 11.4 Å². The van der Waals surface area contributed by atoms with Gasteiger partial charge in [0.2, 0.25) is 0 Å². The quantitative estimate of drug-likeness (QED) is 0.909. The summed E-state index contributed by atoms with van der Waals surface area (Å²) < 4.78 is 5.40. The topological polar surface area (TPSA) is 24.5 Å². The van der Waals surface area contributed by atoms with Crippen molar-refractivity contribution in [2.75, 3.05) is 36.5 Å². The first kappa shape index (κ1) is 13.7. The number of hydrogen-bond donors (Lipinski definition) is 1. The zero-order valence-corrected chi connectivity index (χ0v) is 12.5. The van der Waals surface area contributed by atoms with Crippen molar-refractivity contribution in [3.63, 3.8) is 0 Å². The molecule has 0 spiro atoms.